The van der Waals surface area contributed by atoms with Crippen molar-refractivity contribution in [3.8, 4) is 23.1 Å². The quantitative estimate of drug-likeness (QED) is 0.169. The van der Waals surface area contributed by atoms with Crippen molar-refractivity contribution in [2.45, 2.75) is 30.7 Å². The second-order valence-corrected chi connectivity index (χ2v) is 11.2. The van der Waals surface area contributed by atoms with Crippen LogP contribution in [0.2, 0.25) is 0 Å². The molecular formula is C38H27F3N4O. The lowest BCUT2D eigenvalue weighted by Crippen LogP contribution is -2.39. The van der Waals surface area contributed by atoms with E-state index in [1.807, 2.05) is 115 Å². The van der Waals surface area contributed by atoms with Crippen molar-refractivity contribution < 1.29 is 17.9 Å². The third-order valence-electron chi connectivity index (χ3n) is 8.46. The Morgan fingerprint density at radius 2 is 1.26 bits per heavy atom. The Balaban J connectivity index is 1.43. The number of aromatic nitrogens is 3. The third-order valence-corrected chi connectivity index (χ3v) is 8.46. The first kappa shape index (κ1) is 29.1. The summed E-state index contributed by atoms with van der Waals surface area (Å²) in [5, 5.41) is 19.8. The Morgan fingerprint density at radius 1 is 0.696 bits per heavy atom. The van der Waals surface area contributed by atoms with Crippen LogP contribution in [0, 0.1) is 11.3 Å². The van der Waals surface area contributed by atoms with Crippen LogP contribution in [0.1, 0.15) is 51.6 Å². The normalized spacial score (nSPS) is 14.4. The number of halogens is 3. The lowest BCUT2D eigenvalue weighted by atomic mass is 9.77. The summed E-state index contributed by atoms with van der Waals surface area (Å²) < 4.78 is 49.1. The lowest BCUT2D eigenvalue weighted by Gasteiger charge is -2.34. The summed E-state index contributed by atoms with van der Waals surface area (Å²) in [6.45, 7) is 0. The molecule has 0 aliphatic heterocycles. The minimum Gasteiger partial charge on any atom is -0.486 e. The van der Waals surface area contributed by atoms with Gasteiger partial charge in [0.05, 0.1) is 5.56 Å². The lowest BCUT2D eigenvalue weighted by molar-refractivity contribution is -0.137. The molecule has 1 aliphatic rings. The average Bonchev–Trinajstić information content (AvgIpc) is 3.71. The van der Waals surface area contributed by atoms with Gasteiger partial charge in [-0.25, -0.2) is 0 Å². The Labute approximate surface area is 264 Å². The third kappa shape index (κ3) is 5.10. The second-order valence-electron chi connectivity index (χ2n) is 11.2. The van der Waals surface area contributed by atoms with Crippen molar-refractivity contribution in [2.24, 2.45) is 0 Å². The number of hydrogen-bond acceptors (Lipinski definition) is 4. The Morgan fingerprint density at radius 3 is 1.83 bits per heavy atom. The summed E-state index contributed by atoms with van der Waals surface area (Å²) in [6, 6.07) is 42.2. The highest BCUT2D eigenvalue weighted by Crippen LogP contribution is 2.43. The maximum atomic E-state index is 14.3. The van der Waals surface area contributed by atoms with Crippen LogP contribution < -0.4 is 4.74 Å². The number of hydrogen-bond donors (Lipinski definition) is 0. The van der Waals surface area contributed by atoms with E-state index in [0.29, 0.717) is 6.42 Å². The molecule has 1 atom stereocenters. The predicted octanol–water partition coefficient (Wildman–Crippen LogP) is 8.74. The van der Waals surface area contributed by atoms with E-state index < -0.39 is 17.3 Å². The van der Waals surface area contributed by atoms with Crippen LogP contribution in [0.25, 0.3) is 11.3 Å². The topological polar surface area (TPSA) is 63.7 Å². The van der Waals surface area contributed by atoms with Gasteiger partial charge in [0, 0.05) is 5.56 Å². The van der Waals surface area contributed by atoms with E-state index in [-0.39, 0.29) is 28.8 Å². The van der Waals surface area contributed by atoms with Gasteiger partial charge in [0.25, 0.3) is 0 Å². The molecule has 0 amide bonds. The number of nitrogens with zero attached hydrogens (tertiary/aromatic N) is 4. The van der Waals surface area contributed by atoms with E-state index in [9.17, 15) is 18.4 Å². The first-order valence-corrected chi connectivity index (χ1v) is 14.9. The Hall–Kier alpha value is -5.68. The highest BCUT2D eigenvalue weighted by Gasteiger charge is 2.42. The SMILES string of the molecule is N#Cc1nn(C(c2ccccc2)(c2ccccc2)c2ccccc2)nc1-c1cc(O[C@@H]2CCc3ccccc32)cc(C(F)(F)F)c1. The van der Waals surface area contributed by atoms with Crippen molar-refractivity contribution in [1.82, 2.24) is 15.0 Å². The number of aryl methyl sites for hydroxylation is 1. The summed E-state index contributed by atoms with van der Waals surface area (Å²) >= 11 is 0. The van der Waals surface area contributed by atoms with Crippen molar-refractivity contribution >= 4 is 0 Å². The maximum absolute atomic E-state index is 14.3. The fraction of sp³-hybridized carbons (Fsp3) is 0.132. The van der Waals surface area contributed by atoms with Gasteiger partial charge in [0.15, 0.2) is 11.2 Å². The van der Waals surface area contributed by atoms with Crippen LogP contribution in [0.4, 0.5) is 13.2 Å². The molecule has 0 bridgehead atoms. The van der Waals surface area contributed by atoms with Gasteiger partial charge in [0.1, 0.15) is 23.6 Å². The number of benzene rings is 5. The highest BCUT2D eigenvalue weighted by molar-refractivity contribution is 5.67. The molecule has 1 aromatic heterocycles. The van der Waals surface area contributed by atoms with E-state index in [1.54, 1.807) is 0 Å². The number of nitriles is 1. The zero-order chi connectivity index (χ0) is 31.7. The monoisotopic (exact) mass is 612 g/mol. The molecule has 226 valence electrons. The van der Waals surface area contributed by atoms with Crippen LogP contribution in [0.3, 0.4) is 0 Å². The smallest absolute Gasteiger partial charge is 0.416 e. The first-order valence-electron chi connectivity index (χ1n) is 14.9. The van der Waals surface area contributed by atoms with Gasteiger partial charge in [0.2, 0.25) is 0 Å². The fourth-order valence-electron chi connectivity index (χ4n) is 6.38. The summed E-state index contributed by atoms with van der Waals surface area (Å²) in [6.07, 6.45) is -3.62. The summed E-state index contributed by atoms with van der Waals surface area (Å²) in [5.74, 6) is 0.0467. The van der Waals surface area contributed by atoms with Gasteiger partial charge < -0.3 is 4.74 Å². The summed E-state index contributed by atoms with van der Waals surface area (Å²) in [4.78, 5) is 1.45. The van der Waals surface area contributed by atoms with E-state index in [4.69, 9.17) is 9.84 Å². The minimum absolute atomic E-state index is 0.0254. The molecule has 0 saturated carbocycles. The molecule has 0 unspecified atom stereocenters. The molecular weight excluding hydrogens is 585 g/mol. The molecule has 46 heavy (non-hydrogen) atoms. The molecule has 1 aliphatic carbocycles. The predicted molar refractivity (Wildman–Crippen MR) is 168 cm³/mol. The van der Waals surface area contributed by atoms with Gasteiger partial charge in [-0.1, -0.05) is 115 Å². The van der Waals surface area contributed by atoms with E-state index >= 15 is 0 Å². The van der Waals surface area contributed by atoms with Crippen molar-refractivity contribution in [1.29, 1.82) is 5.26 Å². The zero-order valence-corrected chi connectivity index (χ0v) is 24.5. The van der Waals surface area contributed by atoms with Gasteiger partial charge in [-0.2, -0.15) is 28.3 Å². The molecule has 1 heterocycles. The molecule has 0 spiro atoms. The van der Waals surface area contributed by atoms with Crippen molar-refractivity contribution in [3.05, 3.63) is 173 Å². The van der Waals surface area contributed by atoms with E-state index in [1.165, 1.54) is 10.9 Å². The van der Waals surface area contributed by atoms with Gasteiger partial charge in [-0.3, -0.25) is 0 Å². The van der Waals surface area contributed by atoms with Crippen LogP contribution in [-0.4, -0.2) is 15.0 Å². The van der Waals surface area contributed by atoms with Crippen molar-refractivity contribution in [3.63, 3.8) is 0 Å². The molecule has 6 aromatic rings. The van der Waals surface area contributed by atoms with Gasteiger partial charge in [-0.05, 0) is 58.9 Å². The second kappa shape index (κ2) is 11.7. The van der Waals surface area contributed by atoms with Crippen LogP contribution in [-0.2, 0) is 18.1 Å². The Bertz CT molecular complexity index is 1940. The van der Waals surface area contributed by atoms with Crippen LogP contribution >= 0.6 is 0 Å². The highest BCUT2D eigenvalue weighted by atomic mass is 19.4. The van der Waals surface area contributed by atoms with Gasteiger partial charge in [-0.15, -0.1) is 5.10 Å². The number of ether oxygens (including phenoxy) is 1. The molecule has 8 heteroatoms. The minimum atomic E-state index is -4.66. The largest absolute Gasteiger partial charge is 0.486 e. The molecule has 0 N–H and O–H groups in total. The summed E-state index contributed by atoms with van der Waals surface area (Å²) in [7, 11) is 0. The summed E-state index contributed by atoms with van der Waals surface area (Å²) in [5.41, 5.74) is 2.47. The van der Waals surface area contributed by atoms with E-state index in [0.717, 1.165) is 46.4 Å². The maximum Gasteiger partial charge on any atom is 0.416 e. The van der Waals surface area contributed by atoms with Crippen LogP contribution in [0.15, 0.2) is 133 Å². The first-order chi connectivity index (χ1) is 22.4. The van der Waals surface area contributed by atoms with E-state index in [2.05, 4.69) is 11.2 Å². The molecule has 7 rings (SSSR count). The number of rotatable bonds is 7. The number of alkyl halides is 3. The molecule has 0 fully saturated rings. The standard InChI is InChI=1S/C38H27F3N4O/c39-38(40,41)31-22-27(23-32(24-31)46-35-21-20-26-12-10-11-19-33(26)35)36-34(25-42)43-45(44-36)37(28-13-4-1-5-14-28,29-15-6-2-7-16-29)30-17-8-3-9-18-30/h1-19,22-24,35H,20-21H2/t35-/m1/s1. The Kier molecular flexibility index (Phi) is 7.37. The molecule has 0 saturated heterocycles. The number of fused-ring (bicyclic) bond motifs is 1. The van der Waals surface area contributed by atoms with Crippen LogP contribution in [0.5, 0.6) is 5.75 Å². The molecule has 5 nitrogen and oxygen atoms in total. The average molecular weight is 613 g/mol. The molecule has 0 radical (unpaired) electrons. The fourth-order valence-corrected chi connectivity index (χ4v) is 6.38. The van der Waals surface area contributed by atoms with Crippen molar-refractivity contribution in [2.75, 3.05) is 0 Å². The molecule has 5 aromatic carbocycles. The van der Waals surface area contributed by atoms with Gasteiger partial charge >= 0.3 is 6.18 Å². The zero-order valence-electron chi connectivity index (χ0n) is 24.5.